The molecule has 1 atom stereocenters. The van der Waals surface area contributed by atoms with Gasteiger partial charge in [0.25, 0.3) is 0 Å². The standard InChI is InChI=1S/C16H14N2O4/c1-8-12(11-3-5-14(19)18-15(11)20)7-10-6-9(16(21)22)2-4-13(10)17-8/h2,4,6-7,11H,3,5H2,1H3,(H,21,22)(H,18,19,20). The summed E-state index contributed by atoms with van der Waals surface area (Å²) in [5.74, 6) is -2.02. The topological polar surface area (TPSA) is 96.4 Å². The highest BCUT2D eigenvalue weighted by molar-refractivity contribution is 6.01. The first-order valence-electron chi connectivity index (χ1n) is 6.94. The van der Waals surface area contributed by atoms with Crippen LogP contribution in [0.15, 0.2) is 24.3 Å². The van der Waals surface area contributed by atoms with Crippen LogP contribution in [0, 0.1) is 6.92 Å². The number of nitrogens with zero attached hydrogens (tertiary/aromatic N) is 1. The Morgan fingerprint density at radius 1 is 1.32 bits per heavy atom. The number of carboxylic acids is 1. The van der Waals surface area contributed by atoms with Gasteiger partial charge in [0.1, 0.15) is 0 Å². The van der Waals surface area contributed by atoms with E-state index >= 15 is 0 Å². The van der Waals surface area contributed by atoms with Gasteiger partial charge in [-0.3, -0.25) is 19.9 Å². The number of piperidine rings is 1. The van der Waals surface area contributed by atoms with E-state index in [1.54, 1.807) is 18.2 Å². The number of aryl methyl sites for hydroxylation is 1. The Morgan fingerprint density at radius 3 is 2.77 bits per heavy atom. The number of nitrogens with one attached hydrogen (secondary N) is 1. The number of carbonyl (C=O) groups is 3. The van der Waals surface area contributed by atoms with E-state index in [0.29, 0.717) is 29.4 Å². The highest BCUT2D eigenvalue weighted by atomic mass is 16.4. The van der Waals surface area contributed by atoms with E-state index in [4.69, 9.17) is 5.11 Å². The second-order valence-corrected chi connectivity index (χ2v) is 5.38. The van der Waals surface area contributed by atoms with Crippen molar-refractivity contribution in [1.29, 1.82) is 0 Å². The Bertz CT molecular complexity index is 813. The summed E-state index contributed by atoms with van der Waals surface area (Å²) in [6.07, 6.45) is 0.736. The molecule has 0 spiro atoms. The molecule has 2 amide bonds. The molecule has 0 bridgehead atoms. The Balaban J connectivity index is 2.09. The first-order valence-corrected chi connectivity index (χ1v) is 6.94. The van der Waals surface area contributed by atoms with E-state index in [-0.39, 0.29) is 17.4 Å². The van der Waals surface area contributed by atoms with E-state index in [1.165, 1.54) is 6.07 Å². The molecule has 112 valence electrons. The molecule has 6 heteroatoms. The molecule has 0 saturated carbocycles. The first-order chi connectivity index (χ1) is 10.5. The first kappa shape index (κ1) is 14.2. The van der Waals surface area contributed by atoms with Gasteiger partial charge >= 0.3 is 5.97 Å². The summed E-state index contributed by atoms with van der Waals surface area (Å²) in [4.78, 5) is 38.8. The quantitative estimate of drug-likeness (QED) is 0.824. The minimum Gasteiger partial charge on any atom is -0.478 e. The van der Waals surface area contributed by atoms with Crippen molar-refractivity contribution in [2.45, 2.75) is 25.7 Å². The van der Waals surface area contributed by atoms with Gasteiger partial charge in [0.05, 0.1) is 17.0 Å². The molecule has 1 fully saturated rings. The van der Waals surface area contributed by atoms with Crippen LogP contribution in [0.5, 0.6) is 0 Å². The summed E-state index contributed by atoms with van der Waals surface area (Å²) in [5.41, 5.74) is 2.30. The van der Waals surface area contributed by atoms with Crippen molar-refractivity contribution in [3.63, 3.8) is 0 Å². The monoisotopic (exact) mass is 298 g/mol. The third-order valence-electron chi connectivity index (χ3n) is 3.91. The lowest BCUT2D eigenvalue weighted by atomic mass is 9.88. The molecule has 6 nitrogen and oxygen atoms in total. The van der Waals surface area contributed by atoms with E-state index in [1.807, 2.05) is 6.92 Å². The van der Waals surface area contributed by atoms with Crippen molar-refractivity contribution in [3.05, 3.63) is 41.1 Å². The highest BCUT2D eigenvalue weighted by Gasteiger charge is 2.29. The molecule has 1 unspecified atom stereocenters. The van der Waals surface area contributed by atoms with Gasteiger partial charge in [-0.2, -0.15) is 0 Å². The van der Waals surface area contributed by atoms with Gasteiger partial charge in [0.15, 0.2) is 0 Å². The molecule has 1 aromatic carbocycles. The number of aromatic carboxylic acids is 1. The van der Waals surface area contributed by atoms with Crippen LogP contribution >= 0.6 is 0 Å². The SMILES string of the molecule is Cc1nc2ccc(C(=O)O)cc2cc1C1CCC(=O)NC1=O. The average Bonchev–Trinajstić information content (AvgIpc) is 2.46. The maximum absolute atomic E-state index is 12.0. The zero-order chi connectivity index (χ0) is 15.9. The normalized spacial score (nSPS) is 18.3. The van der Waals surface area contributed by atoms with Crippen LogP contribution in [0.1, 0.15) is 40.4 Å². The fraction of sp³-hybridized carbons (Fsp3) is 0.250. The van der Waals surface area contributed by atoms with Crippen molar-refractivity contribution in [3.8, 4) is 0 Å². The third kappa shape index (κ3) is 2.43. The lowest BCUT2D eigenvalue weighted by molar-refractivity contribution is -0.134. The molecular weight excluding hydrogens is 284 g/mol. The number of pyridine rings is 1. The number of aromatic nitrogens is 1. The maximum Gasteiger partial charge on any atom is 0.335 e. The number of imide groups is 1. The van der Waals surface area contributed by atoms with E-state index in [0.717, 1.165) is 5.56 Å². The Kier molecular flexibility index (Phi) is 3.36. The maximum atomic E-state index is 12.0. The molecule has 0 aliphatic carbocycles. The van der Waals surface area contributed by atoms with E-state index < -0.39 is 11.9 Å². The molecule has 1 aliphatic rings. The van der Waals surface area contributed by atoms with E-state index in [9.17, 15) is 14.4 Å². The van der Waals surface area contributed by atoms with Crippen molar-refractivity contribution < 1.29 is 19.5 Å². The van der Waals surface area contributed by atoms with Gasteiger partial charge in [-0.1, -0.05) is 0 Å². The van der Waals surface area contributed by atoms with Gasteiger partial charge < -0.3 is 5.11 Å². The number of hydrogen-bond donors (Lipinski definition) is 2. The number of carboxylic acid groups (broad SMARTS) is 1. The van der Waals surface area contributed by atoms with Crippen LogP contribution in [-0.2, 0) is 9.59 Å². The number of fused-ring (bicyclic) bond motifs is 1. The Labute approximate surface area is 126 Å². The summed E-state index contributed by atoms with van der Waals surface area (Å²) in [5, 5.41) is 12.1. The van der Waals surface area contributed by atoms with Gasteiger partial charge in [-0.25, -0.2) is 4.79 Å². The number of rotatable bonds is 2. The summed E-state index contributed by atoms with van der Waals surface area (Å²) >= 11 is 0. The lowest BCUT2D eigenvalue weighted by Crippen LogP contribution is -2.39. The molecule has 2 heterocycles. The Hall–Kier alpha value is -2.76. The van der Waals surface area contributed by atoms with Crippen molar-refractivity contribution in [2.24, 2.45) is 0 Å². The third-order valence-corrected chi connectivity index (χ3v) is 3.91. The molecule has 0 radical (unpaired) electrons. The molecular formula is C16H14N2O4. The fourth-order valence-electron chi connectivity index (χ4n) is 2.77. The molecule has 1 aliphatic heterocycles. The van der Waals surface area contributed by atoms with Crippen LogP contribution in [0.25, 0.3) is 10.9 Å². The van der Waals surface area contributed by atoms with Gasteiger partial charge in [-0.05, 0) is 43.2 Å². The van der Waals surface area contributed by atoms with Gasteiger partial charge in [0.2, 0.25) is 11.8 Å². The summed E-state index contributed by atoms with van der Waals surface area (Å²) in [6.45, 7) is 1.81. The number of carbonyl (C=O) groups excluding carboxylic acids is 2. The predicted molar refractivity (Wildman–Crippen MR) is 78.6 cm³/mol. The van der Waals surface area contributed by atoms with Crippen molar-refractivity contribution in [2.75, 3.05) is 0 Å². The largest absolute Gasteiger partial charge is 0.478 e. The second kappa shape index (κ2) is 5.22. The summed E-state index contributed by atoms with van der Waals surface area (Å²) in [7, 11) is 0. The lowest BCUT2D eigenvalue weighted by Gasteiger charge is -2.22. The molecule has 1 aromatic heterocycles. The smallest absolute Gasteiger partial charge is 0.335 e. The zero-order valence-electron chi connectivity index (χ0n) is 11.9. The summed E-state index contributed by atoms with van der Waals surface area (Å²) < 4.78 is 0. The van der Waals surface area contributed by atoms with Crippen molar-refractivity contribution in [1.82, 2.24) is 10.3 Å². The molecule has 2 N–H and O–H groups in total. The zero-order valence-corrected chi connectivity index (χ0v) is 11.9. The average molecular weight is 298 g/mol. The van der Waals surface area contributed by atoms with Crippen LogP contribution in [0.3, 0.4) is 0 Å². The van der Waals surface area contributed by atoms with Crippen LogP contribution in [-0.4, -0.2) is 27.9 Å². The molecule has 2 aromatic rings. The molecule has 3 rings (SSSR count). The van der Waals surface area contributed by atoms with Crippen molar-refractivity contribution >= 4 is 28.7 Å². The fourth-order valence-corrected chi connectivity index (χ4v) is 2.77. The predicted octanol–water partition coefficient (Wildman–Crippen LogP) is 1.76. The second-order valence-electron chi connectivity index (χ2n) is 5.38. The Morgan fingerprint density at radius 2 is 2.09 bits per heavy atom. The van der Waals surface area contributed by atoms with Crippen LogP contribution in [0.2, 0.25) is 0 Å². The van der Waals surface area contributed by atoms with Gasteiger partial charge in [0, 0.05) is 17.5 Å². The van der Waals surface area contributed by atoms with Crippen LogP contribution in [0.4, 0.5) is 0 Å². The number of benzene rings is 1. The van der Waals surface area contributed by atoms with Crippen LogP contribution < -0.4 is 5.32 Å². The minimum atomic E-state index is -1.01. The summed E-state index contributed by atoms with van der Waals surface area (Å²) in [6, 6.07) is 6.49. The number of amides is 2. The molecule has 22 heavy (non-hydrogen) atoms. The van der Waals surface area contributed by atoms with Gasteiger partial charge in [-0.15, -0.1) is 0 Å². The highest BCUT2D eigenvalue weighted by Crippen LogP contribution is 2.29. The molecule has 1 saturated heterocycles. The number of hydrogen-bond acceptors (Lipinski definition) is 4. The van der Waals surface area contributed by atoms with E-state index in [2.05, 4.69) is 10.3 Å². The minimum absolute atomic E-state index is 0.173.